The number of morpholine rings is 1. The molecule has 1 aliphatic heterocycles. The van der Waals surface area contributed by atoms with Crippen LogP contribution in [0.15, 0.2) is 30.6 Å². The molecule has 1 aromatic carbocycles. The number of ether oxygens (including phenoxy) is 1. The Balaban J connectivity index is 1.68. The predicted octanol–water partition coefficient (Wildman–Crippen LogP) is 0.558. The molecule has 0 amide bonds. The Kier molecular flexibility index (Phi) is 3.18. The van der Waals surface area contributed by atoms with Gasteiger partial charge in [-0.2, -0.15) is 0 Å². The van der Waals surface area contributed by atoms with E-state index in [1.165, 1.54) is 11.3 Å². The summed E-state index contributed by atoms with van der Waals surface area (Å²) in [5.74, 6) is 0. The minimum absolute atomic E-state index is 0.705. The standard InChI is InChI=1S/C12H15N5O/c1-3-12(16-5-7-18-8-6-16)4-2-11(1)9-17-10-13-14-15-17/h1-4,10H,5-9H2. The van der Waals surface area contributed by atoms with E-state index < -0.39 is 0 Å². The molecule has 2 aromatic rings. The molecule has 6 heteroatoms. The number of benzene rings is 1. The van der Waals surface area contributed by atoms with Gasteiger partial charge < -0.3 is 9.64 Å². The lowest BCUT2D eigenvalue weighted by molar-refractivity contribution is 0.122. The lowest BCUT2D eigenvalue weighted by Crippen LogP contribution is -2.36. The Labute approximate surface area is 105 Å². The molecule has 3 rings (SSSR count). The third-order valence-corrected chi connectivity index (χ3v) is 3.05. The molecule has 0 spiro atoms. The summed E-state index contributed by atoms with van der Waals surface area (Å²) in [5, 5.41) is 11.1. The average Bonchev–Trinajstić information content (AvgIpc) is 2.94. The molecule has 0 atom stereocenters. The van der Waals surface area contributed by atoms with E-state index in [4.69, 9.17) is 4.74 Å². The van der Waals surface area contributed by atoms with E-state index in [0.29, 0.717) is 6.54 Å². The molecule has 0 bridgehead atoms. The first-order valence-corrected chi connectivity index (χ1v) is 6.04. The summed E-state index contributed by atoms with van der Waals surface area (Å²) >= 11 is 0. The molecule has 1 aliphatic rings. The molecule has 18 heavy (non-hydrogen) atoms. The SMILES string of the molecule is c1cc(N2CCOCC2)ccc1Cn1cnnn1. The fraction of sp³-hybridized carbons (Fsp3) is 0.417. The van der Waals surface area contributed by atoms with Crippen molar-refractivity contribution in [2.45, 2.75) is 6.54 Å². The van der Waals surface area contributed by atoms with E-state index in [2.05, 4.69) is 44.7 Å². The first-order chi connectivity index (χ1) is 8.92. The number of tetrazole rings is 1. The molecule has 1 saturated heterocycles. The van der Waals surface area contributed by atoms with Crippen LogP contribution in [0.25, 0.3) is 0 Å². The molecule has 2 heterocycles. The molecule has 6 nitrogen and oxygen atoms in total. The molecular weight excluding hydrogens is 230 g/mol. The Bertz CT molecular complexity index is 476. The number of anilines is 1. The Morgan fingerprint density at radius 3 is 2.56 bits per heavy atom. The second kappa shape index (κ2) is 5.14. The van der Waals surface area contributed by atoms with Crippen molar-refractivity contribution in [3.8, 4) is 0 Å². The highest BCUT2D eigenvalue weighted by molar-refractivity contribution is 5.47. The zero-order valence-electron chi connectivity index (χ0n) is 10.1. The van der Waals surface area contributed by atoms with Gasteiger partial charge in [-0.05, 0) is 28.1 Å². The van der Waals surface area contributed by atoms with Gasteiger partial charge in [0.1, 0.15) is 6.33 Å². The highest BCUT2D eigenvalue weighted by Gasteiger charge is 2.10. The van der Waals surface area contributed by atoms with Crippen molar-refractivity contribution in [2.75, 3.05) is 31.2 Å². The van der Waals surface area contributed by atoms with Crippen LogP contribution >= 0.6 is 0 Å². The number of rotatable bonds is 3. The summed E-state index contributed by atoms with van der Waals surface area (Å²) in [7, 11) is 0. The molecule has 0 saturated carbocycles. The van der Waals surface area contributed by atoms with Gasteiger partial charge in [0.05, 0.1) is 19.8 Å². The second-order valence-electron chi connectivity index (χ2n) is 4.27. The van der Waals surface area contributed by atoms with Crippen molar-refractivity contribution in [3.63, 3.8) is 0 Å². The lowest BCUT2D eigenvalue weighted by atomic mass is 10.2. The van der Waals surface area contributed by atoms with Gasteiger partial charge in [0.15, 0.2) is 0 Å². The molecule has 0 N–H and O–H groups in total. The van der Waals surface area contributed by atoms with Gasteiger partial charge in [-0.1, -0.05) is 12.1 Å². The van der Waals surface area contributed by atoms with Crippen LogP contribution in [0.5, 0.6) is 0 Å². The van der Waals surface area contributed by atoms with Gasteiger partial charge >= 0.3 is 0 Å². The molecule has 0 unspecified atom stereocenters. The largest absolute Gasteiger partial charge is 0.378 e. The van der Waals surface area contributed by atoms with E-state index >= 15 is 0 Å². The number of hydrogen-bond donors (Lipinski definition) is 0. The maximum atomic E-state index is 5.35. The van der Waals surface area contributed by atoms with E-state index in [9.17, 15) is 0 Å². The summed E-state index contributed by atoms with van der Waals surface area (Å²) in [6.07, 6.45) is 1.62. The van der Waals surface area contributed by atoms with Gasteiger partial charge in [0, 0.05) is 18.8 Å². The first-order valence-electron chi connectivity index (χ1n) is 6.04. The summed E-state index contributed by atoms with van der Waals surface area (Å²) in [6, 6.07) is 8.52. The molecule has 0 aliphatic carbocycles. The van der Waals surface area contributed by atoms with E-state index in [1.807, 2.05) is 0 Å². The van der Waals surface area contributed by atoms with Crippen molar-refractivity contribution in [3.05, 3.63) is 36.2 Å². The van der Waals surface area contributed by atoms with Crippen LogP contribution in [0.2, 0.25) is 0 Å². The summed E-state index contributed by atoms with van der Waals surface area (Å²) in [6.45, 7) is 4.26. The van der Waals surface area contributed by atoms with E-state index in [-0.39, 0.29) is 0 Å². The average molecular weight is 245 g/mol. The van der Waals surface area contributed by atoms with Gasteiger partial charge in [-0.15, -0.1) is 5.10 Å². The van der Waals surface area contributed by atoms with Crippen LogP contribution in [0, 0.1) is 0 Å². The third-order valence-electron chi connectivity index (χ3n) is 3.05. The number of aromatic nitrogens is 4. The summed E-state index contributed by atoms with van der Waals surface area (Å²) in [4.78, 5) is 2.34. The van der Waals surface area contributed by atoms with E-state index in [0.717, 1.165) is 26.3 Å². The normalized spacial score (nSPS) is 15.9. The molecule has 0 radical (unpaired) electrons. The monoisotopic (exact) mass is 245 g/mol. The maximum Gasteiger partial charge on any atom is 0.138 e. The molecule has 94 valence electrons. The van der Waals surface area contributed by atoms with Gasteiger partial charge in [0.25, 0.3) is 0 Å². The van der Waals surface area contributed by atoms with Gasteiger partial charge in [0.2, 0.25) is 0 Å². The fourth-order valence-corrected chi connectivity index (χ4v) is 2.07. The van der Waals surface area contributed by atoms with E-state index in [1.54, 1.807) is 11.0 Å². The Hall–Kier alpha value is -1.95. The smallest absolute Gasteiger partial charge is 0.138 e. The Morgan fingerprint density at radius 1 is 1.11 bits per heavy atom. The lowest BCUT2D eigenvalue weighted by Gasteiger charge is -2.28. The second-order valence-corrected chi connectivity index (χ2v) is 4.27. The fourth-order valence-electron chi connectivity index (χ4n) is 2.07. The third kappa shape index (κ3) is 2.48. The van der Waals surface area contributed by atoms with Crippen LogP contribution in [0.3, 0.4) is 0 Å². The van der Waals surface area contributed by atoms with Crippen LogP contribution in [-0.4, -0.2) is 46.5 Å². The van der Waals surface area contributed by atoms with Gasteiger partial charge in [-0.25, -0.2) is 4.68 Å². The quantitative estimate of drug-likeness (QED) is 0.790. The predicted molar refractivity (Wildman–Crippen MR) is 66.4 cm³/mol. The van der Waals surface area contributed by atoms with Crippen molar-refractivity contribution >= 4 is 5.69 Å². The van der Waals surface area contributed by atoms with Crippen LogP contribution in [-0.2, 0) is 11.3 Å². The Morgan fingerprint density at radius 2 is 1.89 bits per heavy atom. The maximum absolute atomic E-state index is 5.35. The van der Waals surface area contributed by atoms with Gasteiger partial charge in [-0.3, -0.25) is 0 Å². The van der Waals surface area contributed by atoms with Crippen LogP contribution in [0.1, 0.15) is 5.56 Å². The number of hydrogen-bond acceptors (Lipinski definition) is 5. The highest BCUT2D eigenvalue weighted by Crippen LogP contribution is 2.16. The highest BCUT2D eigenvalue weighted by atomic mass is 16.5. The van der Waals surface area contributed by atoms with Crippen molar-refractivity contribution in [1.82, 2.24) is 20.2 Å². The molecule has 1 aromatic heterocycles. The van der Waals surface area contributed by atoms with Crippen LogP contribution < -0.4 is 4.90 Å². The molecular formula is C12H15N5O. The first kappa shape index (κ1) is 11.2. The van der Waals surface area contributed by atoms with Crippen molar-refractivity contribution in [1.29, 1.82) is 0 Å². The molecule has 1 fully saturated rings. The summed E-state index contributed by atoms with van der Waals surface area (Å²) < 4.78 is 7.06. The topological polar surface area (TPSA) is 56.1 Å². The minimum Gasteiger partial charge on any atom is -0.378 e. The van der Waals surface area contributed by atoms with Crippen LogP contribution in [0.4, 0.5) is 5.69 Å². The summed E-state index contributed by atoms with van der Waals surface area (Å²) in [5.41, 5.74) is 2.44. The zero-order chi connectivity index (χ0) is 12.2. The zero-order valence-corrected chi connectivity index (χ0v) is 10.1. The van der Waals surface area contributed by atoms with Crippen molar-refractivity contribution < 1.29 is 4.74 Å². The van der Waals surface area contributed by atoms with Crippen molar-refractivity contribution in [2.24, 2.45) is 0 Å². The minimum atomic E-state index is 0.705. The number of nitrogens with zero attached hydrogens (tertiary/aromatic N) is 5.